The maximum absolute atomic E-state index is 13.3. The van der Waals surface area contributed by atoms with Gasteiger partial charge in [-0.15, -0.1) is 0 Å². The minimum absolute atomic E-state index is 0.0814. The Balaban J connectivity index is 1.89. The van der Waals surface area contributed by atoms with Crippen molar-refractivity contribution < 1.29 is 19.5 Å². The number of aromatic nitrogens is 2. The van der Waals surface area contributed by atoms with Gasteiger partial charge in [-0.3, -0.25) is 0 Å². The fraction of sp³-hybridized carbons (Fsp3) is 0.0435. The Morgan fingerprint density at radius 3 is 2.07 bits per heavy atom. The van der Waals surface area contributed by atoms with Crippen LogP contribution in [0.15, 0.2) is 72.8 Å². The van der Waals surface area contributed by atoms with Crippen molar-refractivity contribution in [1.29, 1.82) is 0 Å². The molecule has 0 fully saturated rings. The van der Waals surface area contributed by atoms with Crippen LogP contribution in [0.5, 0.6) is 0 Å². The Kier molecular flexibility index (Phi) is 3.67. The first-order valence-corrected chi connectivity index (χ1v) is 9.07. The van der Waals surface area contributed by atoms with Gasteiger partial charge in [0, 0.05) is 10.8 Å². The first kappa shape index (κ1) is 17.1. The number of carbonyl (C=O) groups excluding carboxylic acids is 1. The number of rotatable bonds is 2. The second-order valence-electron chi connectivity index (χ2n) is 6.79. The zero-order valence-corrected chi connectivity index (χ0v) is 15.5. The average molecular weight is 384 g/mol. The van der Waals surface area contributed by atoms with Gasteiger partial charge in [0.2, 0.25) is 5.52 Å². The Bertz CT molecular complexity index is 1340. The Labute approximate surface area is 165 Å². The van der Waals surface area contributed by atoms with Crippen molar-refractivity contribution in [3.63, 3.8) is 0 Å². The minimum Gasteiger partial charge on any atom is -0.710 e. The molecule has 0 aliphatic carbocycles. The topological polar surface area (TPSA) is 78.4 Å². The molecule has 142 valence electrons. The van der Waals surface area contributed by atoms with E-state index in [0.717, 1.165) is 31.0 Å². The lowest BCUT2D eigenvalue weighted by Gasteiger charge is -2.07. The molecular formula is C23H16N2O4. The van der Waals surface area contributed by atoms with Gasteiger partial charge in [0.05, 0.1) is 18.2 Å². The van der Waals surface area contributed by atoms with E-state index in [1.165, 1.54) is 7.11 Å². The first-order chi connectivity index (χ1) is 14.1. The highest BCUT2D eigenvalue weighted by atomic mass is 16.5. The molecular weight excluding hydrogens is 368 g/mol. The SMILES string of the molecule is COC(=O)c1ccc(-c2n(O)c3c4ccccc4c4ccccc4c3[n+]2[O-])cc1. The van der Waals surface area contributed by atoms with E-state index in [1.807, 2.05) is 48.5 Å². The van der Waals surface area contributed by atoms with Gasteiger partial charge in [0.15, 0.2) is 5.52 Å². The van der Waals surface area contributed by atoms with Crippen molar-refractivity contribution in [1.82, 2.24) is 4.73 Å². The van der Waals surface area contributed by atoms with Gasteiger partial charge in [-0.1, -0.05) is 36.4 Å². The number of imidazole rings is 1. The van der Waals surface area contributed by atoms with Gasteiger partial charge >= 0.3 is 11.8 Å². The van der Waals surface area contributed by atoms with Gasteiger partial charge in [0.1, 0.15) is 0 Å². The monoisotopic (exact) mass is 384 g/mol. The molecule has 0 aliphatic heterocycles. The van der Waals surface area contributed by atoms with Crippen LogP contribution in [-0.4, -0.2) is 23.0 Å². The van der Waals surface area contributed by atoms with Crippen LogP contribution in [0.25, 0.3) is 44.0 Å². The van der Waals surface area contributed by atoms with E-state index in [4.69, 9.17) is 4.74 Å². The van der Waals surface area contributed by atoms with Crippen molar-refractivity contribution in [2.75, 3.05) is 7.11 Å². The molecule has 5 aromatic rings. The standard InChI is InChI=1S/C23H16N2O4/c1-29-23(26)15-12-10-14(11-13-15)22-24(27)20-18-8-4-2-6-16(18)17-7-3-5-9-19(17)21(20)25(22)28/h2-13,27H,1H3. The summed E-state index contributed by atoms with van der Waals surface area (Å²) in [6.07, 6.45) is 0. The number of fused-ring (bicyclic) bond motifs is 6. The largest absolute Gasteiger partial charge is 0.710 e. The quantitative estimate of drug-likeness (QED) is 0.162. The smallest absolute Gasteiger partial charge is 0.337 e. The minimum atomic E-state index is -0.465. The molecule has 6 heteroatoms. The number of hydrogen-bond donors (Lipinski definition) is 1. The second kappa shape index (κ2) is 6.24. The van der Waals surface area contributed by atoms with Crippen LogP contribution in [-0.2, 0) is 4.74 Å². The molecule has 0 unspecified atom stereocenters. The maximum Gasteiger partial charge on any atom is 0.337 e. The van der Waals surface area contributed by atoms with E-state index in [0.29, 0.717) is 22.2 Å². The highest BCUT2D eigenvalue weighted by Crippen LogP contribution is 2.35. The summed E-state index contributed by atoms with van der Waals surface area (Å²) in [6, 6.07) is 21.7. The van der Waals surface area contributed by atoms with Gasteiger partial charge in [-0.25, -0.2) is 9.52 Å². The number of esters is 1. The summed E-state index contributed by atoms with van der Waals surface area (Å²) >= 11 is 0. The predicted molar refractivity (Wildman–Crippen MR) is 110 cm³/mol. The summed E-state index contributed by atoms with van der Waals surface area (Å²) < 4.78 is 6.40. The third-order valence-electron chi connectivity index (χ3n) is 5.25. The highest BCUT2D eigenvalue weighted by molar-refractivity contribution is 6.22. The molecule has 0 saturated carbocycles. The molecule has 5 rings (SSSR count). The summed E-state index contributed by atoms with van der Waals surface area (Å²) in [5, 5.41) is 27.8. The van der Waals surface area contributed by atoms with Crippen LogP contribution in [0, 0.1) is 5.21 Å². The van der Waals surface area contributed by atoms with Crippen LogP contribution in [0.2, 0.25) is 0 Å². The lowest BCUT2D eigenvalue weighted by atomic mass is 10.00. The number of carbonyl (C=O) groups is 1. The van der Waals surface area contributed by atoms with Gasteiger partial charge in [0.25, 0.3) is 0 Å². The molecule has 0 spiro atoms. The van der Waals surface area contributed by atoms with Crippen LogP contribution in [0.4, 0.5) is 0 Å². The summed E-state index contributed by atoms with van der Waals surface area (Å²) in [6.45, 7) is 0. The van der Waals surface area contributed by atoms with E-state index in [2.05, 4.69) is 0 Å². The summed E-state index contributed by atoms with van der Waals surface area (Å²) in [4.78, 5) is 11.7. The Hall–Kier alpha value is -4.06. The van der Waals surface area contributed by atoms with Crippen molar-refractivity contribution in [3.8, 4) is 11.4 Å². The Morgan fingerprint density at radius 1 is 0.897 bits per heavy atom. The molecule has 29 heavy (non-hydrogen) atoms. The van der Waals surface area contributed by atoms with E-state index < -0.39 is 5.97 Å². The molecule has 6 nitrogen and oxygen atoms in total. The zero-order valence-electron chi connectivity index (χ0n) is 15.5. The van der Waals surface area contributed by atoms with Gasteiger partial charge in [-0.05, 0) is 51.9 Å². The fourth-order valence-corrected chi connectivity index (χ4v) is 3.93. The van der Waals surface area contributed by atoms with Gasteiger partial charge in [-0.2, -0.15) is 0 Å². The third kappa shape index (κ3) is 2.36. The normalized spacial score (nSPS) is 11.3. The summed E-state index contributed by atoms with van der Waals surface area (Å²) in [7, 11) is 1.31. The number of hydrogen-bond acceptors (Lipinski definition) is 4. The molecule has 1 aromatic heterocycles. The average Bonchev–Trinajstić information content (AvgIpc) is 3.04. The third-order valence-corrected chi connectivity index (χ3v) is 5.25. The van der Waals surface area contributed by atoms with E-state index in [-0.39, 0.29) is 5.82 Å². The molecule has 0 aliphatic rings. The molecule has 0 amide bonds. The zero-order chi connectivity index (χ0) is 20.1. The van der Waals surface area contributed by atoms with E-state index in [9.17, 15) is 15.2 Å². The van der Waals surface area contributed by atoms with Crippen LogP contribution >= 0.6 is 0 Å². The number of nitrogens with zero attached hydrogens (tertiary/aromatic N) is 2. The highest BCUT2D eigenvalue weighted by Gasteiger charge is 2.27. The van der Waals surface area contributed by atoms with Crippen LogP contribution in [0.3, 0.4) is 0 Å². The maximum atomic E-state index is 13.3. The molecule has 1 N–H and O–H groups in total. The van der Waals surface area contributed by atoms with Crippen molar-refractivity contribution >= 4 is 38.5 Å². The van der Waals surface area contributed by atoms with Crippen molar-refractivity contribution in [2.45, 2.75) is 0 Å². The van der Waals surface area contributed by atoms with Crippen molar-refractivity contribution in [3.05, 3.63) is 83.6 Å². The van der Waals surface area contributed by atoms with Crippen molar-refractivity contribution in [2.24, 2.45) is 0 Å². The number of methoxy groups -OCH3 is 1. The van der Waals surface area contributed by atoms with Gasteiger partial charge < -0.3 is 15.2 Å². The number of ether oxygens (including phenoxy) is 1. The van der Waals surface area contributed by atoms with E-state index >= 15 is 0 Å². The molecule has 0 bridgehead atoms. The fourth-order valence-electron chi connectivity index (χ4n) is 3.93. The molecule has 0 radical (unpaired) electrons. The summed E-state index contributed by atoms with van der Waals surface area (Å²) in [5.74, 6) is -0.383. The lowest BCUT2D eigenvalue weighted by Crippen LogP contribution is -2.28. The van der Waals surface area contributed by atoms with Crippen LogP contribution < -0.4 is 4.73 Å². The summed E-state index contributed by atoms with van der Waals surface area (Å²) in [5.41, 5.74) is 1.69. The molecule has 0 atom stereocenters. The first-order valence-electron chi connectivity index (χ1n) is 9.07. The lowest BCUT2D eigenvalue weighted by molar-refractivity contribution is -0.566. The Morgan fingerprint density at radius 2 is 1.45 bits per heavy atom. The molecule has 1 heterocycles. The van der Waals surface area contributed by atoms with Crippen LogP contribution in [0.1, 0.15) is 10.4 Å². The second-order valence-corrected chi connectivity index (χ2v) is 6.79. The molecule has 4 aromatic carbocycles. The number of benzene rings is 4. The molecule has 0 saturated heterocycles. The predicted octanol–water partition coefficient (Wildman–Crippen LogP) is 4.27. The van der Waals surface area contributed by atoms with E-state index in [1.54, 1.807) is 24.3 Å².